The van der Waals surface area contributed by atoms with Crippen molar-refractivity contribution in [2.45, 2.75) is 90.5 Å². The van der Waals surface area contributed by atoms with E-state index in [9.17, 15) is 0 Å². The van der Waals surface area contributed by atoms with E-state index in [-0.39, 0.29) is 0 Å². The Labute approximate surface area is 153 Å². The molecule has 0 atom stereocenters. The van der Waals surface area contributed by atoms with Gasteiger partial charge < -0.3 is 0 Å². The fraction of sp³-hybridized carbons (Fsp3) is 0.609. The number of hydrogen-bond acceptors (Lipinski definition) is 0. The van der Waals surface area contributed by atoms with Crippen molar-refractivity contribution in [2.75, 3.05) is 0 Å². The fourth-order valence-electron chi connectivity index (χ4n) is 4.26. The Kier molecular flexibility index (Phi) is 5.98. The van der Waals surface area contributed by atoms with E-state index in [2.05, 4.69) is 73.7 Å². The Hall–Kier alpha value is -1.57. The average Bonchev–Trinajstić information content (AvgIpc) is 3.03. The lowest BCUT2D eigenvalue weighted by atomic mass is 9.92. The highest BCUT2D eigenvalue weighted by molar-refractivity contribution is 5.50. The van der Waals surface area contributed by atoms with Crippen LogP contribution in [0.1, 0.15) is 102 Å². The van der Waals surface area contributed by atoms with Crippen LogP contribution in [0.4, 0.5) is 0 Å². The van der Waals surface area contributed by atoms with E-state index < -0.39 is 0 Å². The average molecular weight is 340 g/mol. The summed E-state index contributed by atoms with van der Waals surface area (Å²) in [5, 5.41) is 0. The topological polar surface area (TPSA) is 8.81 Å². The Bertz CT molecular complexity index is 647. The first-order valence-electron chi connectivity index (χ1n) is 10.3. The summed E-state index contributed by atoms with van der Waals surface area (Å²) in [5.74, 6) is 1.07. The molecule has 1 aliphatic carbocycles. The maximum atomic E-state index is 2.48. The number of rotatable bonds is 4. The highest BCUT2D eigenvalue weighted by Gasteiger charge is 2.23. The first kappa shape index (κ1) is 18.2. The van der Waals surface area contributed by atoms with E-state index in [1.54, 1.807) is 0 Å². The molecule has 3 rings (SSSR count). The van der Waals surface area contributed by atoms with Gasteiger partial charge in [0.05, 0.1) is 0 Å². The largest absolute Gasteiger partial charge is 0.249 e. The molecule has 0 radical (unpaired) electrons. The molecular formula is C23H35N2+. The van der Waals surface area contributed by atoms with Crippen LogP contribution in [-0.4, -0.2) is 4.57 Å². The molecule has 2 nitrogen and oxygen atoms in total. The van der Waals surface area contributed by atoms with Crippen molar-refractivity contribution < 1.29 is 4.57 Å². The summed E-state index contributed by atoms with van der Waals surface area (Å²) in [5.41, 5.74) is 4.30. The van der Waals surface area contributed by atoms with E-state index in [1.807, 2.05) is 0 Å². The minimum absolute atomic E-state index is 0.533. The van der Waals surface area contributed by atoms with Gasteiger partial charge in [-0.2, -0.15) is 0 Å². The van der Waals surface area contributed by atoms with Crippen LogP contribution in [0.3, 0.4) is 0 Å². The molecule has 0 spiro atoms. The van der Waals surface area contributed by atoms with E-state index in [4.69, 9.17) is 0 Å². The van der Waals surface area contributed by atoms with Gasteiger partial charge in [-0.15, -0.1) is 0 Å². The smallest absolute Gasteiger partial charge is 0.234 e. The maximum Gasteiger partial charge on any atom is 0.249 e. The quantitative estimate of drug-likeness (QED) is 0.578. The van der Waals surface area contributed by atoms with Gasteiger partial charge in [0, 0.05) is 11.1 Å². The molecule has 0 saturated heterocycles. The molecule has 1 fully saturated rings. The molecule has 136 valence electrons. The summed E-state index contributed by atoms with van der Waals surface area (Å²) >= 11 is 0. The molecule has 25 heavy (non-hydrogen) atoms. The molecule has 1 saturated carbocycles. The fourth-order valence-corrected chi connectivity index (χ4v) is 4.26. The summed E-state index contributed by atoms with van der Waals surface area (Å²) in [6, 6.07) is 7.49. The second kappa shape index (κ2) is 8.21. The SMILES string of the molecule is CC(C)c1cccc(C(C)C)c1-n1cc[n+](C2CCCCCCC2)c1. The molecule has 1 aromatic heterocycles. The van der Waals surface area contributed by atoms with Crippen molar-refractivity contribution in [1.82, 2.24) is 4.57 Å². The molecule has 1 heterocycles. The van der Waals surface area contributed by atoms with E-state index in [0.717, 1.165) is 0 Å². The summed E-state index contributed by atoms with van der Waals surface area (Å²) < 4.78 is 4.86. The van der Waals surface area contributed by atoms with Gasteiger partial charge in [-0.05, 0) is 37.5 Å². The van der Waals surface area contributed by atoms with Crippen LogP contribution in [0.2, 0.25) is 0 Å². The van der Waals surface area contributed by atoms with Crippen LogP contribution in [0.25, 0.3) is 5.69 Å². The van der Waals surface area contributed by atoms with Crippen LogP contribution in [0.15, 0.2) is 36.9 Å². The number of para-hydroxylation sites is 1. The lowest BCUT2D eigenvalue weighted by Crippen LogP contribution is -2.37. The minimum atomic E-state index is 0.533. The number of hydrogen-bond donors (Lipinski definition) is 0. The van der Waals surface area contributed by atoms with Crippen LogP contribution < -0.4 is 4.57 Å². The molecule has 0 N–H and O–H groups in total. The highest BCUT2D eigenvalue weighted by Crippen LogP contribution is 2.31. The van der Waals surface area contributed by atoms with Crippen LogP contribution >= 0.6 is 0 Å². The van der Waals surface area contributed by atoms with Crippen LogP contribution in [-0.2, 0) is 0 Å². The summed E-state index contributed by atoms with van der Waals surface area (Å²) in [6.07, 6.45) is 16.6. The number of nitrogens with zero attached hydrogens (tertiary/aromatic N) is 2. The van der Waals surface area contributed by atoms with Crippen molar-refractivity contribution in [1.29, 1.82) is 0 Å². The number of benzene rings is 1. The van der Waals surface area contributed by atoms with Crippen molar-refractivity contribution in [3.63, 3.8) is 0 Å². The lowest BCUT2D eigenvalue weighted by molar-refractivity contribution is -0.724. The van der Waals surface area contributed by atoms with Crippen molar-refractivity contribution in [3.8, 4) is 5.69 Å². The van der Waals surface area contributed by atoms with Crippen LogP contribution in [0, 0.1) is 0 Å². The standard InChI is InChI=1S/C23H35N2/c1-18(2)21-13-10-14-22(19(3)4)23(21)25-16-15-24(17-25)20-11-8-6-5-7-9-12-20/h10,13-20H,5-9,11-12H2,1-4H3/q+1. The summed E-state index contributed by atoms with van der Waals surface area (Å²) in [4.78, 5) is 0. The summed E-state index contributed by atoms with van der Waals surface area (Å²) in [6.45, 7) is 9.20. The second-order valence-electron chi connectivity index (χ2n) is 8.36. The maximum absolute atomic E-state index is 2.48. The Balaban J connectivity index is 1.96. The normalized spacial score (nSPS) is 17.0. The lowest BCUT2D eigenvalue weighted by Gasteiger charge is -2.17. The second-order valence-corrected chi connectivity index (χ2v) is 8.36. The molecule has 0 aliphatic heterocycles. The van der Waals surface area contributed by atoms with Gasteiger partial charge in [-0.3, -0.25) is 0 Å². The van der Waals surface area contributed by atoms with Gasteiger partial charge in [-0.1, -0.05) is 65.2 Å². The summed E-state index contributed by atoms with van der Waals surface area (Å²) in [7, 11) is 0. The van der Waals surface area contributed by atoms with E-state index in [1.165, 1.54) is 61.8 Å². The van der Waals surface area contributed by atoms with Crippen molar-refractivity contribution >= 4 is 0 Å². The third-order valence-electron chi connectivity index (χ3n) is 5.75. The zero-order valence-electron chi connectivity index (χ0n) is 16.5. The van der Waals surface area contributed by atoms with E-state index in [0.29, 0.717) is 17.9 Å². The number of aromatic nitrogens is 2. The monoisotopic (exact) mass is 339 g/mol. The molecule has 0 bridgehead atoms. The van der Waals surface area contributed by atoms with Gasteiger partial charge in [0.15, 0.2) is 0 Å². The zero-order valence-corrected chi connectivity index (χ0v) is 16.5. The predicted molar refractivity (Wildman–Crippen MR) is 105 cm³/mol. The highest BCUT2D eigenvalue weighted by atomic mass is 15.1. The Morgan fingerprint density at radius 2 is 1.44 bits per heavy atom. The van der Waals surface area contributed by atoms with Crippen molar-refractivity contribution in [3.05, 3.63) is 48.0 Å². The van der Waals surface area contributed by atoms with Gasteiger partial charge in [0.2, 0.25) is 6.33 Å². The molecule has 0 unspecified atom stereocenters. The molecular weight excluding hydrogens is 304 g/mol. The number of imidazole rings is 1. The minimum Gasteiger partial charge on any atom is -0.234 e. The zero-order chi connectivity index (χ0) is 17.8. The Morgan fingerprint density at radius 1 is 0.880 bits per heavy atom. The van der Waals surface area contributed by atoms with Gasteiger partial charge >= 0.3 is 0 Å². The van der Waals surface area contributed by atoms with Gasteiger partial charge in [0.1, 0.15) is 24.1 Å². The molecule has 2 aromatic rings. The van der Waals surface area contributed by atoms with Crippen LogP contribution in [0.5, 0.6) is 0 Å². The van der Waals surface area contributed by atoms with Gasteiger partial charge in [-0.25, -0.2) is 9.13 Å². The molecule has 1 aliphatic rings. The van der Waals surface area contributed by atoms with Crippen molar-refractivity contribution in [2.24, 2.45) is 0 Å². The third-order valence-corrected chi connectivity index (χ3v) is 5.75. The Morgan fingerprint density at radius 3 is 2.00 bits per heavy atom. The third kappa shape index (κ3) is 4.16. The van der Waals surface area contributed by atoms with Gasteiger partial charge in [0.25, 0.3) is 0 Å². The first-order valence-corrected chi connectivity index (χ1v) is 10.3. The molecule has 0 amide bonds. The first-order chi connectivity index (χ1) is 12.1. The molecule has 1 aromatic carbocycles. The van der Waals surface area contributed by atoms with E-state index >= 15 is 0 Å². The molecule has 2 heteroatoms. The predicted octanol–water partition coefficient (Wildman–Crippen LogP) is 6.30.